The second-order valence-corrected chi connectivity index (χ2v) is 5.03. The molecule has 23 heavy (non-hydrogen) atoms. The number of hydrogen-bond donors (Lipinski definition) is 0. The molecule has 1 aromatic heterocycles. The largest absolute Gasteiger partial charge is 0.486 e. The molecule has 0 N–H and O–H groups in total. The Morgan fingerprint density at radius 2 is 1.87 bits per heavy atom. The van der Waals surface area contributed by atoms with E-state index in [1.165, 1.54) is 6.92 Å². The van der Waals surface area contributed by atoms with Gasteiger partial charge in [0, 0.05) is 5.56 Å². The third-order valence-electron chi connectivity index (χ3n) is 3.49. The third-order valence-corrected chi connectivity index (χ3v) is 3.49. The van der Waals surface area contributed by atoms with Gasteiger partial charge in [-0.2, -0.15) is 8.78 Å². The van der Waals surface area contributed by atoms with Gasteiger partial charge in [-0.3, -0.25) is 9.36 Å². The molecular weight excluding hydrogens is 302 g/mol. The Morgan fingerprint density at radius 1 is 1.17 bits per heavy atom. The molecule has 1 heterocycles. The Labute approximate surface area is 131 Å². The van der Waals surface area contributed by atoms with Gasteiger partial charge in [-0.05, 0) is 43.3 Å². The Kier molecular flexibility index (Phi) is 4.06. The van der Waals surface area contributed by atoms with Gasteiger partial charge in [0.1, 0.15) is 12.4 Å². The van der Waals surface area contributed by atoms with Crippen LogP contribution in [-0.2, 0) is 6.61 Å². The predicted octanol–water partition coefficient (Wildman–Crippen LogP) is 4.21. The maximum atomic E-state index is 13.3. The van der Waals surface area contributed by atoms with E-state index in [4.69, 9.17) is 4.74 Å². The first-order valence-corrected chi connectivity index (χ1v) is 7.04. The molecular formula is C17H14F2N2O2. The summed E-state index contributed by atoms with van der Waals surface area (Å²) in [5, 5.41) is 0. The molecule has 118 valence electrons. The van der Waals surface area contributed by atoms with E-state index in [0.29, 0.717) is 22.3 Å². The molecule has 2 aromatic carbocycles. The molecule has 0 spiro atoms. The van der Waals surface area contributed by atoms with Crippen LogP contribution in [0.25, 0.3) is 11.0 Å². The Hall–Kier alpha value is -2.76. The first-order chi connectivity index (χ1) is 11.1. The van der Waals surface area contributed by atoms with Crippen LogP contribution < -0.4 is 4.74 Å². The number of ether oxygens (including phenoxy) is 1. The number of ketones is 1. The van der Waals surface area contributed by atoms with Gasteiger partial charge in [0.25, 0.3) is 0 Å². The lowest BCUT2D eigenvalue weighted by molar-refractivity contribution is 0.0677. The fourth-order valence-corrected chi connectivity index (χ4v) is 2.35. The number of alkyl halides is 2. The van der Waals surface area contributed by atoms with E-state index in [9.17, 15) is 13.6 Å². The Bertz CT molecular complexity index is 841. The third kappa shape index (κ3) is 3.06. The number of imidazole rings is 1. The predicted molar refractivity (Wildman–Crippen MR) is 81.8 cm³/mol. The number of para-hydroxylation sites is 2. The van der Waals surface area contributed by atoms with Crippen molar-refractivity contribution in [3.63, 3.8) is 0 Å². The molecule has 6 heteroatoms. The molecule has 0 aliphatic rings. The van der Waals surface area contributed by atoms with E-state index in [1.54, 1.807) is 48.5 Å². The molecule has 3 aromatic rings. The van der Waals surface area contributed by atoms with Crippen molar-refractivity contribution in [3.8, 4) is 5.75 Å². The van der Waals surface area contributed by atoms with Gasteiger partial charge in [-0.15, -0.1) is 0 Å². The highest BCUT2D eigenvalue weighted by Crippen LogP contribution is 2.24. The van der Waals surface area contributed by atoms with Crippen molar-refractivity contribution in [2.45, 2.75) is 20.1 Å². The van der Waals surface area contributed by atoms with Crippen molar-refractivity contribution >= 4 is 16.8 Å². The van der Waals surface area contributed by atoms with Crippen molar-refractivity contribution in [1.82, 2.24) is 9.55 Å². The molecule has 0 bridgehead atoms. The number of nitrogens with zero attached hydrogens (tertiary/aromatic N) is 2. The highest BCUT2D eigenvalue weighted by molar-refractivity contribution is 5.94. The van der Waals surface area contributed by atoms with Gasteiger partial charge >= 0.3 is 6.55 Å². The van der Waals surface area contributed by atoms with E-state index in [0.717, 1.165) is 4.57 Å². The van der Waals surface area contributed by atoms with Gasteiger partial charge in [0.05, 0.1) is 11.0 Å². The maximum Gasteiger partial charge on any atom is 0.320 e. The van der Waals surface area contributed by atoms with Crippen LogP contribution >= 0.6 is 0 Å². The standard InChI is InChI=1S/C17H14F2N2O2/c1-11(22)12-6-8-13(9-7-12)23-10-16-20-14-4-2-3-5-15(14)21(16)17(18)19/h2-9,17H,10H2,1H3. The quantitative estimate of drug-likeness (QED) is 0.662. The number of carbonyl (C=O) groups is 1. The molecule has 4 nitrogen and oxygen atoms in total. The number of rotatable bonds is 5. The summed E-state index contributed by atoms with van der Waals surface area (Å²) in [5.74, 6) is 0.593. The van der Waals surface area contributed by atoms with Crippen LogP contribution in [0.4, 0.5) is 8.78 Å². The van der Waals surface area contributed by atoms with E-state index >= 15 is 0 Å². The Balaban J connectivity index is 1.84. The molecule has 0 unspecified atom stereocenters. The zero-order chi connectivity index (χ0) is 16.4. The number of Topliss-reactive ketones (excluding diaryl/α,β-unsaturated/α-hetero) is 1. The minimum absolute atomic E-state index is 0.0453. The van der Waals surface area contributed by atoms with Crippen LogP contribution in [-0.4, -0.2) is 15.3 Å². The van der Waals surface area contributed by atoms with Gasteiger partial charge in [0.15, 0.2) is 11.6 Å². The summed E-state index contributed by atoms with van der Waals surface area (Å²) in [6, 6.07) is 13.2. The van der Waals surface area contributed by atoms with Gasteiger partial charge in [-0.1, -0.05) is 12.1 Å². The summed E-state index contributed by atoms with van der Waals surface area (Å²) in [6.45, 7) is -1.31. The summed E-state index contributed by atoms with van der Waals surface area (Å²) in [5.41, 5.74) is 1.43. The lowest BCUT2D eigenvalue weighted by Crippen LogP contribution is -2.08. The van der Waals surface area contributed by atoms with E-state index < -0.39 is 6.55 Å². The van der Waals surface area contributed by atoms with Crippen molar-refractivity contribution < 1.29 is 18.3 Å². The average molecular weight is 316 g/mol. The second-order valence-electron chi connectivity index (χ2n) is 5.03. The normalized spacial score (nSPS) is 11.1. The van der Waals surface area contributed by atoms with Gasteiger partial charge < -0.3 is 4.74 Å². The lowest BCUT2D eigenvalue weighted by atomic mass is 10.1. The smallest absolute Gasteiger partial charge is 0.320 e. The number of aromatic nitrogens is 2. The number of hydrogen-bond acceptors (Lipinski definition) is 3. The lowest BCUT2D eigenvalue weighted by Gasteiger charge is -2.09. The topological polar surface area (TPSA) is 44.1 Å². The van der Waals surface area contributed by atoms with Crippen LogP contribution in [0.2, 0.25) is 0 Å². The first kappa shape index (κ1) is 15.1. The van der Waals surface area contributed by atoms with Crippen molar-refractivity contribution in [3.05, 3.63) is 59.9 Å². The molecule has 0 saturated carbocycles. The minimum Gasteiger partial charge on any atom is -0.486 e. The number of halogens is 2. The number of fused-ring (bicyclic) bond motifs is 1. The Morgan fingerprint density at radius 3 is 2.52 bits per heavy atom. The molecule has 0 amide bonds. The van der Waals surface area contributed by atoms with Crippen LogP contribution in [0, 0.1) is 0 Å². The molecule has 0 radical (unpaired) electrons. The molecule has 0 aliphatic carbocycles. The summed E-state index contributed by atoms with van der Waals surface area (Å²) in [7, 11) is 0. The number of carbonyl (C=O) groups excluding carboxylic acids is 1. The van der Waals surface area contributed by atoms with Crippen LogP contribution in [0.3, 0.4) is 0 Å². The van der Waals surface area contributed by atoms with Crippen molar-refractivity contribution in [2.75, 3.05) is 0 Å². The molecule has 0 saturated heterocycles. The monoisotopic (exact) mass is 316 g/mol. The minimum atomic E-state index is -2.69. The van der Waals surface area contributed by atoms with Gasteiger partial charge in [0.2, 0.25) is 0 Å². The van der Waals surface area contributed by atoms with E-state index in [-0.39, 0.29) is 18.2 Å². The number of benzene rings is 2. The fourth-order valence-electron chi connectivity index (χ4n) is 2.35. The maximum absolute atomic E-state index is 13.3. The summed E-state index contributed by atoms with van der Waals surface area (Å²) in [4.78, 5) is 15.4. The SMILES string of the molecule is CC(=O)c1ccc(OCc2nc3ccccc3n2C(F)F)cc1. The zero-order valence-electron chi connectivity index (χ0n) is 12.4. The average Bonchev–Trinajstić information content (AvgIpc) is 2.91. The summed E-state index contributed by atoms with van der Waals surface area (Å²) >= 11 is 0. The molecule has 0 atom stereocenters. The fraction of sp³-hybridized carbons (Fsp3) is 0.176. The van der Waals surface area contributed by atoms with E-state index in [1.807, 2.05) is 0 Å². The van der Waals surface area contributed by atoms with Crippen LogP contribution in [0.1, 0.15) is 29.7 Å². The first-order valence-electron chi connectivity index (χ1n) is 7.04. The van der Waals surface area contributed by atoms with Crippen LogP contribution in [0.15, 0.2) is 48.5 Å². The van der Waals surface area contributed by atoms with Crippen molar-refractivity contribution in [2.24, 2.45) is 0 Å². The van der Waals surface area contributed by atoms with Crippen molar-refractivity contribution in [1.29, 1.82) is 0 Å². The highest BCUT2D eigenvalue weighted by Gasteiger charge is 2.17. The van der Waals surface area contributed by atoms with E-state index in [2.05, 4.69) is 4.98 Å². The summed E-state index contributed by atoms with van der Waals surface area (Å²) < 4.78 is 33.0. The highest BCUT2D eigenvalue weighted by atomic mass is 19.3. The zero-order valence-corrected chi connectivity index (χ0v) is 12.4. The van der Waals surface area contributed by atoms with Crippen LogP contribution in [0.5, 0.6) is 5.75 Å². The second kappa shape index (κ2) is 6.16. The molecule has 0 aliphatic heterocycles. The van der Waals surface area contributed by atoms with Gasteiger partial charge in [-0.25, -0.2) is 4.98 Å². The molecule has 3 rings (SSSR count). The molecule has 0 fully saturated rings. The summed E-state index contributed by atoms with van der Waals surface area (Å²) in [6.07, 6.45) is 0.